The lowest BCUT2D eigenvalue weighted by atomic mass is 10.1. The van der Waals surface area contributed by atoms with Gasteiger partial charge in [-0.3, -0.25) is 10.1 Å². The van der Waals surface area contributed by atoms with Crippen LogP contribution in [-0.4, -0.2) is 36.2 Å². The van der Waals surface area contributed by atoms with E-state index in [0.717, 1.165) is 24.5 Å². The highest BCUT2D eigenvalue weighted by Crippen LogP contribution is 2.22. The predicted octanol–water partition coefficient (Wildman–Crippen LogP) is 2.31. The van der Waals surface area contributed by atoms with E-state index in [-0.39, 0.29) is 11.3 Å². The maximum atomic E-state index is 10.8. The number of aromatic nitrogens is 1. The molecule has 128 valence electrons. The second kappa shape index (κ2) is 7.59. The minimum absolute atomic E-state index is 0.0985. The topological polar surface area (TPSA) is 104 Å². The van der Waals surface area contributed by atoms with E-state index in [1.807, 2.05) is 18.2 Å². The first-order chi connectivity index (χ1) is 12.2. The number of morpholine rings is 1. The molecule has 8 heteroatoms. The highest BCUT2D eigenvalue weighted by atomic mass is 16.6. The van der Waals surface area contributed by atoms with Crippen molar-refractivity contribution in [3.05, 3.63) is 57.8 Å². The van der Waals surface area contributed by atoms with Crippen molar-refractivity contribution in [1.82, 2.24) is 4.98 Å². The lowest BCUT2D eigenvalue weighted by molar-refractivity contribution is -0.384. The zero-order valence-electron chi connectivity index (χ0n) is 13.5. The van der Waals surface area contributed by atoms with Gasteiger partial charge in [0, 0.05) is 38.0 Å². The molecule has 2 aromatic rings. The normalized spacial score (nSPS) is 14.0. The fourth-order valence-corrected chi connectivity index (χ4v) is 2.59. The Kier molecular flexibility index (Phi) is 5.06. The molecule has 1 aromatic heterocycles. The molecule has 1 fully saturated rings. The van der Waals surface area contributed by atoms with E-state index in [9.17, 15) is 10.1 Å². The molecule has 1 aliphatic heterocycles. The third kappa shape index (κ3) is 4.02. The largest absolute Gasteiger partial charge is 0.380 e. The number of rotatable bonds is 5. The van der Waals surface area contributed by atoms with Gasteiger partial charge in [0.1, 0.15) is 11.9 Å². The third-order valence-corrected chi connectivity index (χ3v) is 3.96. The number of non-ortho nitro benzene ring substituents is 1. The number of nitro benzene ring substituents is 1. The first-order valence-corrected chi connectivity index (χ1v) is 7.87. The summed E-state index contributed by atoms with van der Waals surface area (Å²) < 4.78 is 5.33. The fourth-order valence-electron chi connectivity index (χ4n) is 2.59. The van der Waals surface area contributed by atoms with E-state index in [4.69, 9.17) is 10.00 Å². The molecule has 8 nitrogen and oxygen atoms in total. The van der Waals surface area contributed by atoms with Gasteiger partial charge in [-0.1, -0.05) is 6.07 Å². The van der Waals surface area contributed by atoms with Crippen LogP contribution in [0.25, 0.3) is 0 Å². The molecule has 0 amide bonds. The number of nitriles is 1. The fraction of sp³-hybridized carbons (Fsp3) is 0.294. The Morgan fingerprint density at radius 2 is 2.12 bits per heavy atom. The van der Waals surface area contributed by atoms with Crippen molar-refractivity contribution in [2.75, 3.05) is 36.5 Å². The van der Waals surface area contributed by atoms with Crippen molar-refractivity contribution in [2.24, 2.45) is 0 Å². The lowest BCUT2D eigenvalue weighted by Crippen LogP contribution is -2.36. The van der Waals surface area contributed by atoms with Crippen molar-refractivity contribution in [3.8, 4) is 6.07 Å². The summed E-state index contributed by atoms with van der Waals surface area (Å²) in [7, 11) is 0. The molecular formula is C17H17N5O3. The number of nitrogens with one attached hydrogen (secondary N) is 1. The zero-order chi connectivity index (χ0) is 17.6. The molecule has 0 aliphatic carbocycles. The number of nitro groups is 1. The summed E-state index contributed by atoms with van der Waals surface area (Å²) in [6.45, 7) is 3.56. The summed E-state index contributed by atoms with van der Waals surface area (Å²) in [5.74, 6) is 0.917. The third-order valence-electron chi connectivity index (χ3n) is 3.96. The van der Waals surface area contributed by atoms with Crippen molar-refractivity contribution in [1.29, 1.82) is 5.26 Å². The molecule has 0 radical (unpaired) electrons. The van der Waals surface area contributed by atoms with Gasteiger partial charge in [0.2, 0.25) is 0 Å². The molecule has 0 bridgehead atoms. The van der Waals surface area contributed by atoms with Crippen LogP contribution in [0.1, 0.15) is 11.1 Å². The second-order valence-electron chi connectivity index (χ2n) is 5.58. The highest BCUT2D eigenvalue weighted by molar-refractivity contribution is 5.61. The standard InChI is InChI=1S/C17H17N5O3/c18-10-14-9-15(22(23)24)2-3-16(14)19-11-13-1-4-17(20-12-13)21-5-7-25-8-6-21/h1-4,9,12,19H,5-8,11H2. The maximum Gasteiger partial charge on any atom is 0.270 e. The molecule has 1 N–H and O–H groups in total. The van der Waals surface area contributed by atoms with Crippen LogP contribution < -0.4 is 10.2 Å². The van der Waals surface area contributed by atoms with Gasteiger partial charge in [0.05, 0.1) is 29.4 Å². The van der Waals surface area contributed by atoms with Gasteiger partial charge >= 0.3 is 0 Å². The number of pyridine rings is 1. The predicted molar refractivity (Wildman–Crippen MR) is 92.4 cm³/mol. The number of hydrogen-bond donors (Lipinski definition) is 1. The van der Waals surface area contributed by atoms with Crippen molar-refractivity contribution in [2.45, 2.75) is 6.54 Å². The Balaban J connectivity index is 1.65. The van der Waals surface area contributed by atoms with Crippen LogP contribution in [0.3, 0.4) is 0 Å². The SMILES string of the molecule is N#Cc1cc([N+](=O)[O-])ccc1NCc1ccc(N2CCOCC2)nc1. The number of hydrogen-bond acceptors (Lipinski definition) is 7. The highest BCUT2D eigenvalue weighted by Gasteiger charge is 2.13. The molecule has 1 aromatic carbocycles. The summed E-state index contributed by atoms with van der Waals surface area (Å²) in [5, 5.41) is 23.1. The van der Waals surface area contributed by atoms with E-state index in [1.165, 1.54) is 12.1 Å². The van der Waals surface area contributed by atoms with Crippen LogP contribution in [0.4, 0.5) is 17.2 Å². The van der Waals surface area contributed by atoms with Gasteiger partial charge in [-0.15, -0.1) is 0 Å². The monoisotopic (exact) mass is 339 g/mol. The van der Waals surface area contributed by atoms with E-state index >= 15 is 0 Å². The summed E-state index contributed by atoms with van der Waals surface area (Å²) in [6, 6.07) is 10.1. The minimum Gasteiger partial charge on any atom is -0.380 e. The van der Waals surface area contributed by atoms with Gasteiger partial charge < -0.3 is 15.0 Å². The quantitative estimate of drug-likeness (QED) is 0.658. The Labute approximate surface area is 144 Å². The van der Waals surface area contributed by atoms with Gasteiger partial charge in [-0.25, -0.2) is 4.98 Å². The van der Waals surface area contributed by atoms with E-state index in [0.29, 0.717) is 25.4 Å². The molecule has 0 saturated carbocycles. The molecule has 25 heavy (non-hydrogen) atoms. The molecule has 2 heterocycles. The molecule has 0 atom stereocenters. The van der Waals surface area contributed by atoms with Crippen LogP contribution in [0.15, 0.2) is 36.5 Å². The van der Waals surface area contributed by atoms with Crippen molar-refractivity contribution < 1.29 is 9.66 Å². The first kappa shape index (κ1) is 16.7. The zero-order valence-corrected chi connectivity index (χ0v) is 13.5. The smallest absolute Gasteiger partial charge is 0.270 e. The molecule has 1 aliphatic rings. The molecule has 0 spiro atoms. The number of nitrogens with zero attached hydrogens (tertiary/aromatic N) is 4. The molecule has 1 saturated heterocycles. The average Bonchev–Trinajstić information content (AvgIpc) is 2.67. The first-order valence-electron chi connectivity index (χ1n) is 7.87. The van der Waals surface area contributed by atoms with Crippen LogP contribution >= 0.6 is 0 Å². The Morgan fingerprint density at radius 3 is 2.76 bits per heavy atom. The van der Waals surface area contributed by atoms with E-state index < -0.39 is 4.92 Å². The second-order valence-corrected chi connectivity index (χ2v) is 5.58. The Bertz CT molecular complexity index is 795. The summed E-state index contributed by atoms with van der Waals surface area (Å²) >= 11 is 0. The van der Waals surface area contributed by atoms with Crippen LogP contribution in [-0.2, 0) is 11.3 Å². The average molecular weight is 339 g/mol. The summed E-state index contributed by atoms with van der Waals surface area (Å²) in [4.78, 5) is 16.9. The molecular weight excluding hydrogens is 322 g/mol. The van der Waals surface area contributed by atoms with E-state index in [2.05, 4.69) is 15.2 Å². The van der Waals surface area contributed by atoms with Crippen molar-refractivity contribution >= 4 is 17.2 Å². The van der Waals surface area contributed by atoms with E-state index in [1.54, 1.807) is 12.3 Å². The lowest BCUT2D eigenvalue weighted by Gasteiger charge is -2.27. The van der Waals surface area contributed by atoms with Crippen molar-refractivity contribution in [3.63, 3.8) is 0 Å². The van der Waals surface area contributed by atoms with Gasteiger partial charge in [-0.05, 0) is 17.7 Å². The molecule has 3 rings (SSSR count). The maximum absolute atomic E-state index is 10.8. The van der Waals surface area contributed by atoms with Gasteiger partial charge in [0.15, 0.2) is 0 Å². The van der Waals surface area contributed by atoms with Crippen LogP contribution in [0.2, 0.25) is 0 Å². The number of anilines is 2. The Morgan fingerprint density at radius 1 is 1.32 bits per heavy atom. The summed E-state index contributed by atoms with van der Waals surface area (Å²) in [5.41, 5.74) is 1.66. The number of ether oxygens (including phenoxy) is 1. The minimum atomic E-state index is -0.515. The number of benzene rings is 1. The summed E-state index contributed by atoms with van der Waals surface area (Å²) in [6.07, 6.45) is 1.79. The van der Waals surface area contributed by atoms with Crippen LogP contribution in [0, 0.1) is 21.4 Å². The molecule has 0 unspecified atom stereocenters. The van der Waals surface area contributed by atoms with Crippen LogP contribution in [0.5, 0.6) is 0 Å². The van der Waals surface area contributed by atoms with Gasteiger partial charge in [-0.2, -0.15) is 5.26 Å². The Hall–Kier alpha value is -3.18. The van der Waals surface area contributed by atoms with Gasteiger partial charge in [0.25, 0.3) is 5.69 Å².